The molecule has 0 fully saturated rings. The van der Waals surface area contributed by atoms with E-state index in [4.69, 9.17) is 5.11 Å². The van der Waals surface area contributed by atoms with E-state index < -0.39 is 0 Å². The molecule has 0 radical (unpaired) electrons. The number of aliphatic hydroxyl groups excluding tert-OH is 1. The Bertz CT molecular complexity index is 539. The maximum Gasteiger partial charge on any atom is 0.0725 e. The molecule has 3 nitrogen and oxygen atoms in total. The van der Waals surface area contributed by atoms with Crippen molar-refractivity contribution >= 4 is 16.6 Å². The largest absolute Gasteiger partial charge is 0.396 e. The van der Waals surface area contributed by atoms with Crippen molar-refractivity contribution in [1.29, 1.82) is 0 Å². The second-order valence-electron chi connectivity index (χ2n) is 5.19. The number of aliphatic hydroxyl groups is 1. The predicted molar refractivity (Wildman–Crippen MR) is 80.5 cm³/mol. The summed E-state index contributed by atoms with van der Waals surface area (Å²) in [6.45, 7) is 5.30. The summed E-state index contributed by atoms with van der Waals surface area (Å²) in [6, 6.07) is 10.3. The van der Waals surface area contributed by atoms with Gasteiger partial charge in [-0.1, -0.05) is 25.1 Å². The zero-order valence-electron chi connectivity index (χ0n) is 11.7. The van der Waals surface area contributed by atoms with Gasteiger partial charge in [0.05, 0.1) is 5.52 Å². The van der Waals surface area contributed by atoms with E-state index in [-0.39, 0.29) is 6.61 Å². The van der Waals surface area contributed by atoms with Gasteiger partial charge in [0.2, 0.25) is 0 Å². The Morgan fingerprint density at radius 1 is 1.32 bits per heavy atom. The number of aryl methyl sites for hydroxylation is 1. The molecular weight excluding hydrogens is 236 g/mol. The van der Waals surface area contributed by atoms with Crippen LogP contribution in [0.1, 0.15) is 25.5 Å². The van der Waals surface area contributed by atoms with E-state index in [1.165, 1.54) is 5.39 Å². The maximum atomic E-state index is 9.00. The number of aromatic nitrogens is 1. The monoisotopic (exact) mass is 258 g/mol. The fourth-order valence-corrected chi connectivity index (χ4v) is 2.22. The van der Waals surface area contributed by atoms with Crippen LogP contribution in [0, 0.1) is 12.8 Å². The van der Waals surface area contributed by atoms with Crippen molar-refractivity contribution in [2.75, 3.05) is 18.5 Å². The normalized spacial score (nSPS) is 12.6. The Morgan fingerprint density at radius 3 is 2.89 bits per heavy atom. The summed E-state index contributed by atoms with van der Waals surface area (Å²) in [5, 5.41) is 13.7. The van der Waals surface area contributed by atoms with Gasteiger partial charge in [-0.3, -0.25) is 4.98 Å². The number of benzene rings is 1. The summed E-state index contributed by atoms with van der Waals surface area (Å²) in [6.07, 6.45) is 2.11. The van der Waals surface area contributed by atoms with Crippen LogP contribution in [0.5, 0.6) is 0 Å². The molecule has 0 saturated carbocycles. The lowest BCUT2D eigenvalue weighted by molar-refractivity contribution is 0.229. The van der Waals surface area contributed by atoms with E-state index in [9.17, 15) is 0 Å². The van der Waals surface area contributed by atoms with Gasteiger partial charge in [-0.25, -0.2) is 0 Å². The van der Waals surface area contributed by atoms with E-state index in [0.29, 0.717) is 5.92 Å². The number of nitrogens with one attached hydrogen (secondary N) is 1. The van der Waals surface area contributed by atoms with Gasteiger partial charge in [0, 0.05) is 29.9 Å². The number of hydrogen-bond acceptors (Lipinski definition) is 3. The number of nitrogens with zero attached hydrogens (tertiary/aromatic N) is 1. The standard InChI is InChI=1S/C16H22N2O/c1-12(11-19)6-5-9-17-16-10-13(2)18-15-8-4-3-7-14(15)16/h3-4,7-8,10,12,19H,5-6,9,11H2,1-2H3,(H,17,18). The van der Waals surface area contributed by atoms with E-state index >= 15 is 0 Å². The molecule has 3 heteroatoms. The van der Waals surface area contributed by atoms with Crippen molar-refractivity contribution in [3.63, 3.8) is 0 Å². The minimum atomic E-state index is 0.275. The highest BCUT2D eigenvalue weighted by Gasteiger charge is 2.03. The third kappa shape index (κ3) is 3.67. The summed E-state index contributed by atoms with van der Waals surface area (Å²) in [5.74, 6) is 0.387. The average Bonchev–Trinajstić information content (AvgIpc) is 2.42. The van der Waals surface area contributed by atoms with Gasteiger partial charge in [0.1, 0.15) is 0 Å². The van der Waals surface area contributed by atoms with Crippen LogP contribution in [-0.4, -0.2) is 23.2 Å². The molecule has 102 valence electrons. The lowest BCUT2D eigenvalue weighted by atomic mass is 10.1. The highest BCUT2D eigenvalue weighted by Crippen LogP contribution is 2.22. The van der Waals surface area contributed by atoms with Crippen LogP contribution in [0.25, 0.3) is 10.9 Å². The minimum absolute atomic E-state index is 0.275. The molecule has 2 rings (SSSR count). The molecule has 1 aromatic carbocycles. The first kappa shape index (κ1) is 13.8. The predicted octanol–water partition coefficient (Wildman–Crippen LogP) is 3.36. The Labute approximate surface area is 114 Å². The first-order chi connectivity index (χ1) is 9.20. The van der Waals surface area contributed by atoms with Crippen LogP contribution >= 0.6 is 0 Å². The lowest BCUT2D eigenvalue weighted by Crippen LogP contribution is -2.07. The second kappa shape index (κ2) is 6.53. The van der Waals surface area contributed by atoms with Crippen molar-refractivity contribution in [3.05, 3.63) is 36.0 Å². The van der Waals surface area contributed by atoms with E-state index in [1.54, 1.807) is 0 Å². The second-order valence-corrected chi connectivity index (χ2v) is 5.19. The zero-order valence-corrected chi connectivity index (χ0v) is 11.7. The fourth-order valence-electron chi connectivity index (χ4n) is 2.22. The topological polar surface area (TPSA) is 45.1 Å². The Hall–Kier alpha value is -1.61. The number of hydrogen-bond donors (Lipinski definition) is 2. The fraction of sp³-hybridized carbons (Fsp3) is 0.438. The first-order valence-corrected chi connectivity index (χ1v) is 6.92. The molecule has 1 heterocycles. The smallest absolute Gasteiger partial charge is 0.0725 e. The highest BCUT2D eigenvalue weighted by atomic mass is 16.3. The maximum absolute atomic E-state index is 9.00. The van der Waals surface area contributed by atoms with Crippen molar-refractivity contribution in [2.24, 2.45) is 5.92 Å². The van der Waals surface area contributed by atoms with Gasteiger partial charge in [0.15, 0.2) is 0 Å². The van der Waals surface area contributed by atoms with Gasteiger partial charge in [-0.15, -0.1) is 0 Å². The van der Waals surface area contributed by atoms with Crippen LogP contribution in [-0.2, 0) is 0 Å². The summed E-state index contributed by atoms with van der Waals surface area (Å²) in [5.41, 5.74) is 3.22. The number of para-hydroxylation sites is 1. The summed E-state index contributed by atoms with van der Waals surface area (Å²) in [7, 11) is 0. The Balaban J connectivity index is 2.04. The molecule has 2 N–H and O–H groups in total. The average molecular weight is 258 g/mol. The molecule has 0 aliphatic heterocycles. The zero-order chi connectivity index (χ0) is 13.7. The molecule has 2 aromatic rings. The summed E-state index contributed by atoms with van der Waals surface area (Å²) >= 11 is 0. The molecule has 1 aromatic heterocycles. The molecule has 1 atom stereocenters. The lowest BCUT2D eigenvalue weighted by Gasteiger charge is -2.12. The van der Waals surface area contributed by atoms with Gasteiger partial charge >= 0.3 is 0 Å². The van der Waals surface area contributed by atoms with Gasteiger partial charge in [-0.2, -0.15) is 0 Å². The number of fused-ring (bicyclic) bond motifs is 1. The van der Waals surface area contributed by atoms with Crippen LogP contribution in [0.15, 0.2) is 30.3 Å². The number of pyridine rings is 1. The first-order valence-electron chi connectivity index (χ1n) is 6.92. The van der Waals surface area contributed by atoms with Crippen molar-refractivity contribution in [3.8, 4) is 0 Å². The van der Waals surface area contributed by atoms with Crippen LogP contribution in [0.2, 0.25) is 0 Å². The highest BCUT2D eigenvalue weighted by molar-refractivity contribution is 5.91. The SMILES string of the molecule is Cc1cc(NCCCC(C)CO)c2ccccc2n1. The third-order valence-electron chi connectivity index (χ3n) is 3.35. The Kier molecular flexibility index (Phi) is 4.74. The number of anilines is 1. The van der Waals surface area contributed by atoms with Crippen molar-refractivity contribution < 1.29 is 5.11 Å². The van der Waals surface area contributed by atoms with Crippen LogP contribution in [0.3, 0.4) is 0 Å². The number of rotatable bonds is 6. The summed E-state index contributed by atoms with van der Waals surface area (Å²) in [4.78, 5) is 4.53. The molecule has 1 unspecified atom stereocenters. The van der Waals surface area contributed by atoms with Gasteiger partial charge in [-0.05, 0) is 37.8 Å². The van der Waals surface area contributed by atoms with E-state index in [2.05, 4.69) is 29.4 Å². The molecule has 0 amide bonds. The molecule has 0 aliphatic rings. The van der Waals surface area contributed by atoms with E-state index in [0.717, 1.165) is 36.3 Å². The van der Waals surface area contributed by atoms with Crippen molar-refractivity contribution in [2.45, 2.75) is 26.7 Å². The van der Waals surface area contributed by atoms with Crippen LogP contribution < -0.4 is 5.32 Å². The molecule has 0 aliphatic carbocycles. The molecule has 0 bridgehead atoms. The van der Waals surface area contributed by atoms with Crippen molar-refractivity contribution in [1.82, 2.24) is 4.98 Å². The van der Waals surface area contributed by atoms with Gasteiger partial charge in [0.25, 0.3) is 0 Å². The minimum Gasteiger partial charge on any atom is -0.396 e. The third-order valence-corrected chi connectivity index (χ3v) is 3.35. The quantitative estimate of drug-likeness (QED) is 0.781. The van der Waals surface area contributed by atoms with Gasteiger partial charge < -0.3 is 10.4 Å². The Morgan fingerprint density at radius 2 is 2.11 bits per heavy atom. The molecule has 0 spiro atoms. The molecular formula is C16H22N2O. The molecule has 0 saturated heterocycles. The van der Waals surface area contributed by atoms with Crippen LogP contribution in [0.4, 0.5) is 5.69 Å². The summed E-state index contributed by atoms with van der Waals surface area (Å²) < 4.78 is 0. The van der Waals surface area contributed by atoms with E-state index in [1.807, 2.05) is 25.1 Å². The molecule has 19 heavy (non-hydrogen) atoms.